The van der Waals surface area contributed by atoms with Gasteiger partial charge in [-0.2, -0.15) is 0 Å². The zero-order chi connectivity index (χ0) is 15.1. The number of anilines is 1. The van der Waals surface area contributed by atoms with Crippen molar-refractivity contribution >= 4 is 11.6 Å². The van der Waals surface area contributed by atoms with Crippen LogP contribution in [0.15, 0.2) is 30.9 Å². The highest BCUT2D eigenvalue weighted by molar-refractivity contribution is 5.96. The third kappa shape index (κ3) is 3.70. The summed E-state index contributed by atoms with van der Waals surface area (Å²) < 4.78 is 5.04. The average molecular weight is 275 g/mol. The highest BCUT2D eigenvalue weighted by Crippen LogP contribution is 2.28. The van der Waals surface area contributed by atoms with Crippen molar-refractivity contribution < 1.29 is 9.53 Å². The van der Waals surface area contributed by atoms with Gasteiger partial charge in [0.1, 0.15) is 6.61 Å². The SMILES string of the molecule is C=CCC(CC)N(C(=O)COC)c1c(C)cccc1C. The molecule has 3 heteroatoms. The lowest BCUT2D eigenvalue weighted by atomic mass is 10.0. The Morgan fingerprint density at radius 1 is 1.40 bits per heavy atom. The number of methoxy groups -OCH3 is 1. The number of para-hydroxylation sites is 1. The first-order valence-corrected chi connectivity index (χ1v) is 7.04. The van der Waals surface area contributed by atoms with Crippen molar-refractivity contribution in [3.05, 3.63) is 42.0 Å². The quantitative estimate of drug-likeness (QED) is 0.711. The molecule has 0 aromatic heterocycles. The van der Waals surface area contributed by atoms with Crippen LogP contribution < -0.4 is 4.90 Å². The van der Waals surface area contributed by atoms with Crippen LogP contribution in [0.5, 0.6) is 0 Å². The molecule has 0 aliphatic heterocycles. The van der Waals surface area contributed by atoms with Crippen LogP contribution in [0.25, 0.3) is 0 Å². The number of carbonyl (C=O) groups excluding carboxylic acids is 1. The largest absolute Gasteiger partial charge is 0.375 e. The minimum atomic E-state index is -0.00130. The minimum absolute atomic E-state index is 0.00130. The third-order valence-electron chi connectivity index (χ3n) is 3.49. The minimum Gasteiger partial charge on any atom is -0.375 e. The van der Waals surface area contributed by atoms with E-state index in [-0.39, 0.29) is 18.6 Å². The van der Waals surface area contributed by atoms with Gasteiger partial charge in [0.2, 0.25) is 0 Å². The van der Waals surface area contributed by atoms with Gasteiger partial charge in [-0.05, 0) is 37.8 Å². The number of ether oxygens (including phenoxy) is 1. The summed E-state index contributed by atoms with van der Waals surface area (Å²) >= 11 is 0. The van der Waals surface area contributed by atoms with Gasteiger partial charge in [-0.25, -0.2) is 0 Å². The van der Waals surface area contributed by atoms with E-state index in [1.54, 1.807) is 7.11 Å². The molecule has 0 radical (unpaired) electrons. The Hall–Kier alpha value is -1.61. The zero-order valence-corrected chi connectivity index (χ0v) is 13.0. The maximum atomic E-state index is 12.5. The Kier molecular flexibility index (Phi) is 6.46. The van der Waals surface area contributed by atoms with Gasteiger partial charge in [0.25, 0.3) is 5.91 Å². The van der Waals surface area contributed by atoms with E-state index in [9.17, 15) is 4.79 Å². The highest BCUT2D eigenvalue weighted by Gasteiger charge is 2.25. The average Bonchev–Trinajstić information content (AvgIpc) is 2.41. The van der Waals surface area contributed by atoms with Crippen LogP contribution in [0.2, 0.25) is 0 Å². The normalized spacial score (nSPS) is 12.0. The van der Waals surface area contributed by atoms with E-state index >= 15 is 0 Å². The van der Waals surface area contributed by atoms with Crippen molar-refractivity contribution in [2.45, 2.75) is 39.7 Å². The molecule has 0 saturated carbocycles. The summed E-state index contributed by atoms with van der Waals surface area (Å²) in [6.45, 7) is 10.1. The van der Waals surface area contributed by atoms with Crippen molar-refractivity contribution in [3.63, 3.8) is 0 Å². The van der Waals surface area contributed by atoms with Crippen LogP contribution >= 0.6 is 0 Å². The predicted octanol–water partition coefficient (Wildman–Crippen LogP) is 3.64. The highest BCUT2D eigenvalue weighted by atomic mass is 16.5. The van der Waals surface area contributed by atoms with Crippen molar-refractivity contribution in [1.82, 2.24) is 0 Å². The summed E-state index contributed by atoms with van der Waals surface area (Å²) in [6.07, 6.45) is 3.53. The van der Waals surface area contributed by atoms with Crippen LogP contribution in [-0.2, 0) is 9.53 Å². The molecule has 1 amide bonds. The molecular weight excluding hydrogens is 250 g/mol. The molecule has 0 aliphatic carbocycles. The monoisotopic (exact) mass is 275 g/mol. The molecule has 1 rings (SSSR count). The van der Waals surface area contributed by atoms with E-state index in [0.29, 0.717) is 0 Å². The molecule has 0 N–H and O–H groups in total. The van der Waals surface area contributed by atoms with E-state index in [4.69, 9.17) is 4.74 Å². The lowest BCUT2D eigenvalue weighted by molar-refractivity contribution is -0.122. The molecule has 1 aromatic carbocycles. The second kappa shape index (κ2) is 7.85. The van der Waals surface area contributed by atoms with Crippen LogP contribution in [0.1, 0.15) is 30.9 Å². The fraction of sp³-hybridized carbons (Fsp3) is 0.471. The van der Waals surface area contributed by atoms with Gasteiger partial charge in [0.15, 0.2) is 0 Å². The summed E-state index contributed by atoms with van der Waals surface area (Å²) in [5.74, 6) is -0.00130. The Labute approximate surface area is 122 Å². The first-order valence-electron chi connectivity index (χ1n) is 7.04. The number of amides is 1. The number of rotatable bonds is 7. The summed E-state index contributed by atoms with van der Waals surface area (Å²) in [5, 5.41) is 0. The Morgan fingerprint density at radius 2 is 2.00 bits per heavy atom. The van der Waals surface area contributed by atoms with E-state index in [1.807, 2.05) is 43.0 Å². The van der Waals surface area contributed by atoms with Crippen molar-refractivity contribution in [1.29, 1.82) is 0 Å². The summed E-state index contributed by atoms with van der Waals surface area (Å²) in [7, 11) is 1.55. The number of carbonyl (C=O) groups is 1. The van der Waals surface area contributed by atoms with Gasteiger partial charge in [-0.1, -0.05) is 31.2 Å². The smallest absolute Gasteiger partial charge is 0.253 e. The molecule has 3 nitrogen and oxygen atoms in total. The molecule has 0 aliphatic rings. The summed E-state index contributed by atoms with van der Waals surface area (Å²) in [6, 6.07) is 6.21. The van der Waals surface area contributed by atoms with E-state index in [0.717, 1.165) is 29.7 Å². The summed E-state index contributed by atoms with van der Waals surface area (Å²) in [5.41, 5.74) is 3.22. The lowest BCUT2D eigenvalue weighted by Crippen LogP contribution is -2.42. The van der Waals surface area contributed by atoms with E-state index < -0.39 is 0 Å². The standard InChI is InChI=1S/C17H25NO2/c1-6-9-15(7-2)18(16(19)12-20-5)17-13(3)10-8-11-14(17)4/h6,8,10-11,15H,1,7,9,12H2,2-5H3. The maximum Gasteiger partial charge on any atom is 0.253 e. The van der Waals surface area contributed by atoms with Gasteiger partial charge >= 0.3 is 0 Å². The number of nitrogens with zero attached hydrogens (tertiary/aromatic N) is 1. The molecule has 20 heavy (non-hydrogen) atoms. The van der Waals surface area contributed by atoms with Gasteiger partial charge in [-0.15, -0.1) is 6.58 Å². The zero-order valence-electron chi connectivity index (χ0n) is 13.0. The molecular formula is C17H25NO2. The van der Waals surface area contributed by atoms with Crippen molar-refractivity contribution in [3.8, 4) is 0 Å². The van der Waals surface area contributed by atoms with Gasteiger partial charge in [-0.3, -0.25) is 4.79 Å². The molecule has 1 aromatic rings. The number of aryl methyl sites for hydroxylation is 2. The van der Waals surface area contributed by atoms with E-state index in [2.05, 4.69) is 13.5 Å². The Balaban J connectivity index is 3.28. The fourth-order valence-electron chi connectivity index (χ4n) is 2.54. The molecule has 0 fully saturated rings. The molecule has 0 bridgehead atoms. The van der Waals surface area contributed by atoms with Gasteiger partial charge < -0.3 is 9.64 Å². The number of hydrogen-bond acceptors (Lipinski definition) is 2. The predicted molar refractivity (Wildman–Crippen MR) is 84.2 cm³/mol. The third-order valence-corrected chi connectivity index (χ3v) is 3.49. The van der Waals surface area contributed by atoms with Crippen LogP contribution in [0.4, 0.5) is 5.69 Å². The van der Waals surface area contributed by atoms with Crippen molar-refractivity contribution in [2.75, 3.05) is 18.6 Å². The molecule has 1 unspecified atom stereocenters. The number of hydrogen-bond donors (Lipinski definition) is 0. The Morgan fingerprint density at radius 3 is 2.45 bits per heavy atom. The van der Waals surface area contributed by atoms with Gasteiger partial charge in [0, 0.05) is 18.8 Å². The van der Waals surface area contributed by atoms with Crippen LogP contribution in [0, 0.1) is 13.8 Å². The van der Waals surface area contributed by atoms with Gasteiger partial charge in [0.05, 0.1) is 0 Å². The topological polar surface area (TPSA) is 29.5 Å². The Bertz CT molecular complexity index is 448. The molecule has 0 saturated heterocycles. The first kappa shape index (κ1) is 16.4. The number of benzene rings is 1. The van der Waals surface area contributed by atoms with Crippen LogP contribution in [0.3, 0.4) is 0 Å². The van der Waals surface area contributed by atoms with E-state index in [1.165, 1.54) is 0 Å². The molecule has 110 valence electrons. The first-order chi connectivity index (χ1) is 9.56. The molecule has 1 atom stereocenters. The fourth-order valence-corrected chi connectivity index (χ4v) is 2.54. The maximum absolute atomic E-state index is 12.5. The second-order valence-corrected chi connectivity index (χ2v) is 5.02. The summed E-state index contributed by atoms with van der Waals surface area (Å²) in [4.78, 5) is 14.4. The second-order valence-electron chi connectivity index (χ2n) is 5.02. The molecule has 0 heterocycles. The van der Waals surface area contributed by atoms with Crippen LogP contribution in [-0.4, -0.2) is 25.7 Å². The molecule has 0 spiro atoms. The van der Waals surface area contributed by atoms with Crippen molar-refractivity contribution in [2.24, 2.45) is 0 Å². The lowest BCUT2D eigenvalue weighted by Gasteiger charge is -2.33.